The molecule has 2 aromatic rings. The van der Waals surface area contributed by atoms with Gasteiger partial charge in [0, 0.05) is 5.69 Å². The van der Waals surface area contributed by atoms with E-state index in [1.54, 1.807) is 24.3 Å². The second-order valence-electron chi connectivity index (χ2n) is 3.27. The Labute approximate surface area is 101 Å². The van der Waals surface area contributed by atoms with Crippen LogP contribution in [0.1, 0.15) is 10.5 Å². The Balaban J connectivity index is 2.04. The van der Waals surface area contributed by atoms with Gasteiger partial charge in [-0.25, -0.2) is 9.42 Å². The summed E-state index contributed by atoms with van der Waals surface area (Å²) in [6, 6.07) is 8.17. The largest absolute Gasteiger partial charge is 0.364 e. The van der Waals surface area contributed by atoms with Crippen molar-refractivity contribution < 1.29 is 14.2 Å². The normalized spacial score (nSPS) is 9.78. The first-order chi connectivity index (χ1) is 8.66. The maximum atomic E-state index is 11.6. The quantitative estimate of drug-likeness (QED) is 0.740. The molecule has 8 nitrogen and oxygen atoms in total. The minimum atomic E-state index is -0.841. The molecule has 0 aliphatic carbocycles. The van der Waals surface area contributed by atoms with Crippen LogP contribution in [0.15, 0.2) is 35.0 Å². The molecule has 1 aromatic carbocycles. The number of para-hydroxylation sites is 1. The van der Waals surface area contributed by atoms with E-state index >= 15 is 0 Å². The minimum absolute atomic E-state index is 0.129. The molecule has 0 fully saturated rings. The number of urea groups is 1. The van der Waals surface area contributed by atoms with Crippen LogP contribution >= 0.6 is 0 Å². The van der Waals surface area contributed by atoms with Crippen LogP contribution in [0.5, 0.6) is 0 Å². The smallest absolute Gasteiger partial charge is 0.325 e. The number of amides is 3. The first-order valence-corrected chi connectivity index (χ1v) is 4.92. The first kappa shape index (κ1) is 11.6. The number of carbonyl (C=O) groups excluding carboxylic acids is 2. The van der Waals surface area contributed by atoms with E-state index in [1.165, 1.54) is 0 Å². The Morgan fingerprint density at radius 3 is 2.50 bits per heavy atom. The predicted molar refractivity (Wildman–Crippen MR) is 61.9 cm³/mol. The zero-order valence-corrected chi connectivity index (χ0v) is 9.08. The SMILES string of the molecule is NC(=O)c1nonc1NC(=O)Nc1ccccc1. The van der Waals surface area contributed by atoms with Gasteiger partial charge in [0.15, 0.2) is 0 Å². The van der Waals surface area contributed by atoms with Crippen molar-refractivity contribution in [2.75, 3.05) is 10.6 Å². The third-order valence-electron chi connectivity index (χ3n) is 1.99. The van der Waals surface area contributed by atoms with Crippen molar-refractivity contribution in [2.24, 2.45) is 5.73 Å². The molecule has 92 valence electrons. The molecule has 0 bridgehead atoms. The van der Waals surface area contributed by atoms with Crippen molar-refractivity contribution in [2.45, 2.75) is 0 Å². The van der Waals surface area contributed by atoms with Crippen LogP contribution in [0, 0.1) is 0 Å². The van der Waals surface area contributed by atoms with Crippen LogP contribution in [0.25, 0.3) is 0 Å². The highest BCUT2D eigenvalue weighted by atomic mass is 16.6. The Morgan fingerprint density at radius 2 is 1.83 bits per heavy atom. The van der Waals surface area contributed by atoms with Gasteiger partial charge in [-0.2, -0.15) is 0 Å². The Kier molecular flexibility index (Phi) is 3.19. The fourth-order valence-corrected chi connectivity index (χ4v) is 1.22. The average Bonchev–Trinajstić information content (AvgIpc) is 2.78. The summed E-state index contributed by atoms with van der Waals surface area (Å²) in [7, 11) is 0. The summed E-state index contributed by atoms with van der Waals surface area (Å²) in [6.45, 7) is 0. The lowest BCUT2D eigenvalue weighted by molar-refractivity contribution is 0.0991. The van der Waals surface area contributed by atoms with E-state index in [9.17, 15) is 9.59 Å². The van der Waals surface area contributed by atoms with Gasteiger partial charge in [-0.15, -0.1) is 0 Å². The van der Waals surface area contributed by atoms with Crippen molar-refractivity contribution in [1.82, 2.24) is 10.3 Å². The molecule has 18 heavy (non-hydrogen) atoms. The van der Waals surface area contributed by atoms with Crippen LogP contribution in [-0.4, -0.2) is 22.3 Å². The molecular weight excluding hydrogens is 238 g/mol. The number of primary amides is 1. The van der Waals surface area contributed by atoms with Gasteiger partial charge >= 0.3 is 6.03 Å². The lowest BCUT2D eigenvalue weighted by Gasteiger charge is -2.04. The summed E-state index contributed by atoms with van der Waals surface area (Å²) in [5.41, 5.74) is 5.37. The molecule has 8 heteroatoms. The standard InChI is InChI=1S/C10H9N5O3/c11-8(16)7-9(15-18-14-7)13-10(17)12-6-4-2-1-3-5-6/h1-5H,(H2,11,16)(H2,12,13,15,17). The Morgan fingerprint density at radius 1 is 1.11 bits per heavy atom. The molecule has 0 aliphatic rings. The molecule has 1 aromatic heterocycles. The highest BCUT2D eigenvalue weighted by molar-refractivity contribution is 6.03. The summed E-state index contributed by atoms with van der Waals surface area (Å²) in [5.74, 6) is -0.970. The maximum absolute atomic E-state index is 11.6. The van der Waals surface area contributed by atoms with Crippen LogP contribution in [-0.2, 0) is 0 Å². The Bertz CT molecular complexity index is 566. The third-order valence-corrected chi connectivity index (χ3v) is 1.99. The number of benzene rings is 1. The molecule has 2 rings (SSSR count). The van der Waals surface area contributed by atoms with E-state index in [2.05, 4.69) is 25.6 Å². The molecule has 3 amide bonds. The molecule has 0 radical (unpaired) electrons. The van der Waals surface area contributed by atoms with Crippen molar-refractivity contribution in [1.29, 1.82) is 0 Å². The van der Waals surface area contributed by atoms with E-state index in [1.807, 2.05) is 6.07 Å². The van der Waals surface area contributed by atoms with Gasteiger partial charge in [0.1, 0.15) is 0 Å². The second kappa shape index (κ2) is 4.95. The number of hydrogen-bond donors (Lipinski definition) is 3. The molecule has 0 unspecified atom stereocenters. The zero-order valence-electron chi connectivity index (χ0n) is 9.08. The molecular formula is C10H9N5O3. The van der Waals surface area contributed by atoms with Crippen LogP contribution in [0.3, 0.4) is 0 Å². The van der Waals surface area contributed by atoms with Crippen LogP contribution in [0.2, 0.25) is 0 Å². The lowest BCUT2D eigenvalue weighted by Crippen LogP contribution is -2.22. The molecule has 1 heterocycles. The maximum Gasteiger partial charge on any atom is 0.325 e. The van der Waals surface area contributed by atoms with Gasteiger partial charge in [0.2, 0.25) is 11.5 Å². The average molecular weight is 247 g/mol. The van der Waals surface area contributed by atoms with Gasteiger partial charge in [-0.1, -0.05) is 18.2 Å². The second-order valence-corrected chi connectivity index (χ2v) is 3.27. The summed E-state index contributed by atoms with van der Waals surface area (Å²) in [4.78, 5) is 22.5. The number of aromatic nitrogens is 2. The van der Waals surface area contributed by atoms with Crippen molar-refractivity contribution in [3.8, 4) is 0 Å². The highest BCUT2D eigenvalue weighted by Gasteiger charge is 2.17. The topological polar surface area (TPSA) is 123 Å². The van der Waals surface area contributed by atoms with E-state index in [-0.39, 0.29) is 11.5 Å². The van der Waals surface area contributed by atoms with Crippen LogP contribution < -0.4 is 16.4 Å². The fraction of sp³-hybridized carbons (Fsp3) is 0. The van der Waals surface area contributed by atoms with Crippen molar-refractivity contribution in [3.05, 3.63) is 36.0 Å². The van der Waals surface area contributed by atoms with Crippen molar-refractivity contribution >= 4 is 23.4 Å². The minimum Gasteiger partial charge on any atom is -0.364 e. The molecule has 0 saturated heterocycles. The van der Waals surface area contributed by atoms with Crippen LogP contribution in [0.4, 0.5) is 16.3 Å². The lowest BCUT2D eigenvalue weighted by atomic mass is 10.3. The molecule has 0 saturated carbocycles. The summed E-state index contributed by atoms with van der Waals surface area (Å²) >= 11 is 0. The van der Waals surface area contributed by atoms with E-state index in [0.717, 1.165) is 0 Å². The first-order valence-electron chi connectivity index (χ1n) is 4.92. The molecule has 0 atom stereocenters. The van der Waals surface area contributed by atoms with E-state index in [0.29, 0.717) is 5.69 Å². The number of nitrogens with one attached hydrogen (secondary N) is 2. The molecule has 0 spiro atoms. The fourth-order valence-electron chi connectivity index (χ4n) is 1.22. The number of hydrogen-bond acceptors (Lipinski definition) is 5. The number of nitrogens with zero attached hydrogens (tertiary/aromatic N) is 2. The van der Waals surface area contributed by atoms with E-state index in [4.69, 9.17) is 5.73 Å². The van der Waals surface area contributed by atoms with Gasteiger partial charge in [-0.05, 0) is 22.4 Å². The van der Waals surface area contributed by atoms with Gasteiger partial charge < -0.3 is 11.1 Å². The summed E-state index contributed by atoms with van der Waals surface area (Å²) in [5, 5.41) is 11.5. The molecule has 0 aliphatic heterocycles. The van der Waals surface area contributed by atoms with Gasteiger partial charge in [0.05, 0.1) is 0 Å². The van der Waals surface area contributed by atoms with E-state index < -0.39 is 11.9 Å². The Hall–Kier alpha value is -2.90. The van der Waals surface area contributed by atoms with Crippen molar-refractivity contribution in [3.63, 3.8) is 0 Å². The van der Waals surface area contributed by atoms with Gasteiger partial charge in [0.25, 0.3) is 5.91 Å². The number of carbonyl (C=O) groups is 2. The zero-order chi connectivity index (χ0) is 13.0. The molecule has 4 N–H and O–H groups in total. The number of nitrogens with two attached hydrogens (primary N) is 1. The summed E-state index contributed by atoms with van der Waals surface area (Å²) in [6.07, 6.45) is 0. The number of rotatable bonds is 3. The monoisotopic (exact) mass is 247 g/mol. The highest BCUT2D eigenvalue weighted by Crippen LogP contribution is 2.10. The van der Waals surface area contributed by atoms with Gasteiger partial charge in [-0.3, -0.25) is 10.1 Å². The third kappa shape index (κ3) is 2.61. The number of anilines is 2. The summed E-state index contributed by atoms with van der Waals surface area (Å²) < 4.78 is 4.31. The predicted octanol–water partition coefficient (Wildman–Crippen LogP) is 0.812.